The van der Waals surface area contributed by atoms with E-state index in [0.29, 0.717) is 0 Å². The largest absolute Gasteiger partial charge is 0.507 e. The molecule has 3 heteroatoms. The number of phenolic OH excluding ortho intramolecular Hbond substituents is 1. The summed E-state index contributed by atoms with van der Waals surface area (Å²) >= 11 is 0. The number of carbonyl (C=O) groups is 1. The van der Waals surface area contributed by atoms with Crippen molar-refractivity contribution >= 4 is 5.91 Å². The second kappa shape index (κ2) is 3.05. The number of rotatable bonds is 1. The van der Waals surface area contributed by atoms with Gasteiger partial charge in [-0.25, -0.2) is 0 Å². The average molecular weight is 150 g/mol. The van der Waals surface area contributed by atoms with E-state index >= 15 is 0 Å². The van der Waals surface area contributed by atoms with Gasteiger partial charge in [0.25, 0.3) is 5.91 Å². The summed E-state index contributed by atoms with van der Waals surface area (Å²) in [4.78, 5) is 10.9. The van der Waals surface area contributed by atoms with Crippen LogP contribution in [0.3, 0.4) is 0 Å². The van der Waals surface area contributed by atoms with E-state index in [2.05, 4.69) is 11.4 Å². The van der Waals surface area contributed by atoms with Crippen molar-refractivity contribution in [1.29, 1.82) is 0 Å². The molecule has 0 bridgehead atoms. The number of benzene rings is 1. The normalized spacial score (nSPS) is 9.18. The fourth-order valence-corrected chi connectivity index (χ4v) is 0.735. The molecule has 11 heavy (non-hydrogen) atoms. The van der Waals surface area contributed by atoms with Gasteiger partial charge in [-0.1, -0.05) is 12.1 Å². The summed E-state index contributed by atoms with van der Waals surface area (Å²) in [6, 6.07) is 7.26. The van der Waals surface area contributed by atoms with Crippen LogP contribution in [0.2, 0.25) is 0 Å². The molecule has 1 aromatic carbocycles. The third-order valence-corrected chi connectivity index (χ3v) is 1.29. The van der Waals surface area contributed by atoms with Gasteiger partial charge in [-0.2, -0.15) is 0 Å². The average Bonchev–Trinajstić information content (AvgIpc) is 2.04. The maximum atomic E-state index is 10.9. The van der Waals surface area contributed by atoms with Crippen molar-refractivity contribution in [2.75, 3.05) is 7.05 Å². The Bertz CT molecular complexity index is 271. The first kappa shape index (κ1) is 7.60. The topological polar surface area (TPSA) is 49.3 Å². The first-order valence-corrected chi connectivity index (χ1v) is 3.17. The van der Waals surface area contributed by atoms with Crippen molar-refractivity contribution in [3.63, 3.8) is 0 Å². The van der Waals surface area contributed by atoms with Gasteiger partial charge in [0, 0.05) is 7.05 Å². The quantitative estimate of drug-likeness (QED) is 0.614. The SMILES string of the molecule is CNC(=O)c1[c]cccc1O. The van der Waals surface area contributed by atoms with Crippen LogP contribution in [0.15, 0.2) is 18.2 Å². The minimum atomic E-state index is -0.330. The maximum absolute atomic E-state index is 10.9. The van der Waals surface area contributed by atoms with Gasteiger partial charge in [0.1, 0.15) is 5.75 Å². The van der Waals surface area contributed by atoms with E-state index in [1.807, 2.05) is 0 Å². The number of phenols is 1. The molecule has 0 atom stereocenters. The molecule has 1 rings (SSSR count). The van der Waals surface area contributed by atoms with Crippen LogP contribution in [0.4, 0.5) is 0 Å². The van der Waals surface area contributed by atoms with Gasteiger partial charge in [-0.15, -0.1) is 0 Å². The van der Waals surface area contributed by atoms with E-state index in [0.717, 1.165) is 0 Å². The van der Waals surface area contributed by atoms with Crippen molar-refractivity contribution < 1.29 is 9.90 Å². The van der Waals surface area contributed by atoms with Crippen LogP contribution >= 0.6 is 0 Å². The van der Waals surface area contributed by atoms with E-state index in [-0.39, 0.29) is 17.2 Å². The number of nitrogens with one attached hydrogen (secondary N) is 1. The molecule has 0 unspecified atom stereocenters. The lowest BCUT2D eigenvalue weighted by molar-refractivity contribution is 0.0960. The Morgan fingerprint density at radius 2 is 2.45 bits per heavy atom. The molecule has 2 N–H and O–H groups in total. The third-order valence-electron chi connectivity index (χ3n) is 1.29. The lowest BCUT2D eigenvalue weighted by atomic mass is 10.2. The Morgan fingerprint density at radius 3 is 3.00 bits per heavy atom. The Kier molecular flexibility index (Phi) is 2.11. The predicted octanol–water partition coefficient (Wildman–Crippen LogP) is 0.552. The van der Waals surface area contributed by atoms with Gasteiger partial charge < -0.3 is 10.4 Å². The molecule has 0 saturated heterocycles. The number of carbonyl (C=O) groups excluding carboxylic acids is 1. The first-order valence-electron chi connectivity index (χ1n) is 3.17. The third kappa shape index (κ3) is 1.49. The lowest BCUT2D eigenvalue weighted by Gasteiger charge is -1.99. The second-order valence-electron chi connectivity index (χ2n) is 2.01. The molecule has 0 heterocycles. The van der Waals surface area contributed by atoms with Gasteiger partial charge in [-0.05, 0) is 12.1 Å². The summed E-state index contributed by atoms with van der Waals surface area (Å²) in [6.45, 7) is 0. The molecule has 0 aliphatic heterocycles. The van der Waals surface area contributed by atoms with Crippen LogP contribution in [0, 0.1) is 6.07 Å². The van der Waals surface area contributed by atoms with Gasteiger partial charge in [-0.3, -0.25) is 4.79 Å². The number of hydrogen-bond acceptors (Lipinski definition) is 2. The molecule has 1 amide bonds. The summed E-state index contributed by atoms with van der Waals surface area (Å²) in [5.74, 6) is -0.380. The van der Waals surface area contributed by atoms with E-state index in [1.54, 1.807) is 12.1 Å². The highest BCUT2D eigenvalue weighted by Crippen LogP contribution is 2.13. The molecule has 57 valence electrons. The Labute approximate surface area is 64.7 Å². The maximum Gasteiger partial charge on any atom is 0.255 e. The standard InChI is InChI=1S/C8H8NO2/c1-9-8(11)6-4-2-3-5-7(6)10/h2-3,5,10H,1H3,(H,9,11). The first-order chi connectivity index (χ1) is 5.25. The number of hydrogen-bond donors (Lipinski definition) is 2. The molecule has 0 spiro atoms. The highest BCUT2D eigenvalue weighted by molar-refractivity contribution is 5.96. The zero-order valence-corrected chi connectivity index (χ0v) is 6.09. The van der Waals surface area contributed by atoms with Crippen molar-refractivity contribution in [2.24, 2.45) is 0 Å². The van der Waals surface area contributed by atoms with Crippen LogP contribution in [0.5, 0.6) is 5.75 Å². The Morgan fingerprint density at radius 1 is 1.73 bits per heavy atom. The van der Waals surface area contributed by atoms with Crippen LogP contribution in [-0.2, 0) is 0 Å². The van der Waals surface area contributed by atoms with E-state index < -0.39 is 0 Å². The van der Waals surface area contributed by atoms with E-state index in [1.165, 1.54) is 13.1 Å². The van der Waals surface area contributed by atoms with E-state index in [9.17, 15) is 4.79 Å². The number of amides is 1. The lowest BCUT2D eigenvalue weighted by Crippen LogP contribution is -2.17. The van der Waals surface area contributed by atoms with Gasteiger partial charge in [0.2, 0.25) is 0 Å². The molecule has 0 saturated carbocycles. The second-order valence-corrected chi connectivity index (χ2v) is 2.01. The van der Waals surface area contributed by atoms with Crippen molar-refractivity contribution in [2.45, 2.75) is 0 Å². The van der Waals surface area contributed by atoms with Crippen LogP contribution in [0.1, 0.15) is 10.4 Å². The Balaban J connectivity index is 3.03. The summed E-state index contributed by atoms with van der Waals surface area (Å²) in [6.07, 6.45) is 0. The molecule has 0 fully saturated rings. The van der Waals surface area contributed by atoms with Crippen molar-refractivity contribution in [1.82, 2.24) is 5.32 Å². The van der Waals surface area contributed by atoms with Gasteiger partial charge >= 0.3 is 0 Å². The van der Waals surface area contributed by atoms with Crippen molar-refractivity contribution in [3.05, 3.63) is 29.8 Å². The minimum Gasteiger partial charge on any atom is -0.507 e. The fraction of sp³-hybridized carbons (Fsp3) is 0.125. The zero-order chi connectivity index (χ0) is 8.27. The van der Waals surface area contributed by atoms with Gasteiger partial charge in [0.15, 0.2) is 0 Å². The predicted molar refractivity (Wildman–Crippen MR) is 40.3 cm³/mol. The molecule has 1 aromatic rings. The van der Waals surface area contributed by atoms with Crippen LogP contribution in [-0.4, -0.2) is 18.1 Å². The summed E-state index contributed by atoms with van der Waals surface area (Å²) in [5.41, 5.74) is 0.176. The smallest absolute Gasteiger partial charge is 0.255 e. The van der Waals surface area contributed by atoms with E-state index in [4.69, 9.17) is 5.11 Å². The molecule has 0 aromatic heterocycles. The molecule has 3 nitrogen and oxygen atoms in total. The summed E-state index contributed by atoms with van der Waals surface area (Å²) in [5, 5.41) is 11.5. The minimum absolute atomic E-state index is 0.0492. The van der Waals surface area contributed by atoms with Crippen LogP contribution < -0.4 is 5.32 Å². The molecule has 1 radical (unpaired) electrons. The summed E-state index contributed by atoms with van der Waals surface area (Å²) < 4.78 is 0. The fourth-order valence-electron chi connectivity index (χ4n) is 0.735. The van der Waals surface area contributed by atoms with Crippen molar-refractivity contribution in [3.8, 4) is 5.75 Å². The molecule has 0 aliphatic carbocycles. The molecular weight excluding hydrogens is 142 g/mol. The monoisotopic (exact) mass is 150 g/mol. The Hall–Kier alpha value is -1.51. The molecular formula is C8H8NO2. The van der Waals surface area contributed by atoms with Crippen LogP contribution in [0.25, 0.3) is 0 Å². The zero-order valence-electron chi connectivity index (χ0n) is 6.09. The van der Waals surface area contributed by atoms with Gasteiger partial charge in [0.05, 0.1) is 5.56 Å². The summed E-state index contributed by atoms with van der Waals surface area (Å²) in [7, 11) is 1.50. The highest BCUT2D eigenvalue weighted by atomic mass is 16.3. The molecule has 0 aliphatic rings. The highest BCUT2D eigenvalue weighted by Gasteiger charge is 2.06. The number of aromatic hydroxyl groups is 1.